The van der Waals surface area contributed by atoms with Crippen LogP contribution in [0.15, 0.2) is 12.2 Å². The van der Waals surface area contributed by atoms with Gasteiger partial charge >= 0.3 is 128 Å². The molecule has 0 fully saturated rings. The van der Waals surface area contributed by atoms with Crippen molar-refractivity contribution in [2.45, 2.75) is 0 Å². The van der Waals surface area contributed by atoms with Crippen LogP contribution in [0.3, 0.4) is 0 Å². The topological polar surface area (TPSA) is 52.6 Å². The Kier molecular flexibility index (Phi) is 10.7. The summed E-state index contributed by atoms with van der Waals surface area (Å²) in [6, 6.07) is 0. The van der Waals surface area contributed by atoms with Gasteiger partial charge in [-0.3, -0.25) is 0 Å². The van der Waals surface area contributed by atoms with Gasteiger partial charge in [0.15, 0.2) is 0 Å². The van der Waals surface area contributed by atoms with Gasteiger partial charge in [0.1, 0.15) is 0 Å². The van der Waals surface area contributed by atoms with Gasteiger partial charge in [0.25, 0.3) is 0 Å². The fraction of sp³-hybridized carbons (Fsp3) is 0. The first-order chi connectivity index (χ1) is 6.18. The van der Waals surface area contributed by atoms with E-state index in [4.69, 9.17) is 7.59 Å². The summed E-state index contributed by atoms with van der Waals surface area (Å²) >= 11 is 2.19. The quantitative estimate of drug-likeness (QED) is 0.302. The Hall–Kier alpha value is 2.03. The Morgan fingerprint density at radius 1 is 1.15 bits per heavy atom. The van der Waals surface area contributed by atoms with Gasteiger partial charge < -0.3 is 0 Å². The number of hydrogen-bond acceptors (Lipinski definition) is 4. The van der Waals surface area contributed by atoms with Gasteiger partial charge in [0, 0.05) is 0 Å². The van der Waals surface area contributed by atoms with E-state index in [-0.39, 0.29) is 0 Å². The molecule has 0 saturated carbocycles. The minimum atomic E-state index is -1.50. The average molecular weight is 585 g/mol. The molecule has 0 bridgehead atoms. The van der Waals surface area contributed by atoms with E-state index in [1.165, 1.54) is 38.1 Å². The van der Waals surface area contributed by atoms with E-state index in [1.54, 1.807) is 0 Å². The molecule has 0 saturated heterocycles. The third-order valence-electron chi connectivity index (χ3n) is 0.865. The van der Waals surface area contributed by atoms with Crippen LogP contribution in [-0.4, -0.2) is 98.5 Å². The molecule has 0 aliphatic carbocycles. The Morgan fingerprint density at radius 2 is 1.69 bits per heavy atom. The van der Waals surface area contributed by atoms with Crippen LogP contribution in [0.1, 0.15) is 0 Å². The Bertz CT molecular complexity index is 261. The fourth-order valence-electron chi connectivity index (χ4n) is 0.466. The molecule has 58 valence electrons. The van der Waals surface area contributed by atoms with Crippen molar-refractivity contribution >= 4 is 98.5 Å². The van der Waals surface area contributed by atoms with E-state index >= 15 is 0 Å². The summed E-state index contributed by atoms with van der Waals surface area (Å²) in [6.45, 7) is 0. The first-order valence-electron chi connectivity index (χ1n) is 3.08. The molecule has 1 rings (SSSR count). The van der Waals surface area contributed by atoms with Crippen molar-refractivity contribution in [3.05, 3.63) is 12.2 Å². The zero-order valence-electron chi connectivity index (χ0n) is 6.60. The van der Waals surface area contributed by atoms with Gasteiger partial charge in [-0.25, -0.2) is 0 Å². The van der Waals surface area contributed by atoms with E-state index in [0.717, 1.165) is 36.0 Å². The second-order valence-corrected chi connectivity index (χ2v) is 11.7. The molecular weight excluding hydrogens is 583 g/mol. The van der Waals surface area contributed by atoms with E-state index in [1.807, 2.05) is 0 Å². The average Bonchev–Trinajstić information content (AvgIpc) is 2.13. The number of carbonyl (C=O) groups is 2. The molecule has 4 radical (unpaired) electrons. The van der Waals surface area contributed by atoms with Crippen LogP contribution in [0.5, 0.6) is 0 Å². The molecule has 0 aromatic carbocycles. The van der Waals surface area contributed by atoms with Crippen LogP contribution in [0.4, 0.5) is 0 Å². The fourth-order valence-corrected chi connectivity index (χ4v) is 3.46. The molecule has 8 heteroatoms. The van der Waals surface area contributed by atoms with Crippen LogP contribution in [0.25, 0.3) is 0 Å². The molecule has 1 aliphatic rings. The third-order valence-corrected chi connectivity index (χ3v) is 5.81. The molecule has 0 amide bonds. The van der Waals surface area contributed by atoms with E-state index in [0.29, 0.717) is 1.20 Å². The predicted molar refractivity (Wildman–Crippen MR) is 49.3 cm³/mol. The normalized spacial score (nSPS) is 17.5. The van der Waals surface area contributed by atoms with Gasteiger partial charge in [0.05, 0.1) is 0 Å². The van der Waals surface area contributed by atoms with Crippen molar-refractivity contribution in [2.24, 2.45) is 0 Å². The number of cyclic esters (lactones) is 1. The monoisotopic (exact) mass is 586 g/mol. The summed E-state index contributed by atoms with van der Waals surface area (Å²) in [5, 5.41) is 0. The summed E-state index contributed by atoms with van der Waals surface area (Å²) < 4.78 is 10.3. The van der Waals surface area contributed by atoms with Crippen molar-refractivity contribution in [1.82, 2.24) is 0 Å². The Labute approximate surface area is 125 Å². The summed E-state index contributed by atoms with van der Waals surface area (Å²) in [4.78, 5) is 21.4. The number of rotatable bonds is 0. The van der Waals surface area contributed by atoms with Crippen molar-refractivity contribution in [2.75, 3.05) is 0 Å². The predicted octanol–water partition coefficient (Wildman–Crippen LogP) is -2.24. The van der Waals surface area contributed by atoms with Gasteiger partial charge in [-0.05, 0) is 0 Å². The van der Waals surface area contributed by atoms with Crippen molar-refractivity contribution in [1.29, 1.82) is 0 Å². The molecule has 0 unspecified atom stereocenters. The zero-order valence-corrected chi connectivity index (χ0v) is 19.8. The standard InChI is InChI=1S/C5H3O4.4In/c1-9-5(8)3-2-4(6)7;;;;/h2-3H,(H,6,7);;;;/q;;;;+1/p-1/b3-2-;;;;. The molecule has 1 heterocycles. The van der Waals surface area contributed by atoms with E-state index in [9.17, 15) is 9.59 Å². The minimum absolute atomic E-state index is 0.422. The molecule has 0 atom stereocenters. The van der Waals surface area contributed by atoms with E-state index in [2.05, 4.69) is 0 Å². The third kappa shape index (κ3) is 7.90. The van der Waals surface area contributed by atoms with Gasteiger partial charge in [-0.2, -0.15) is 0 Å². The molecule has 1 aliphatic heterocycles. The Morgan fingerprint density at radius 3 is 2.31 bits per heavy atom. The van der Waals surface area contributed by atoms with Crippen molar-refractivity contribution in [3.63, 3.8) is 0 Å². The van der Waals surface area contributed by atoms with Crippen LogP contribution in [-0.2, 0) is 17.2 Å². The molecule has 0 spiro atoms. The van der Waals surface area contributed by atoms with Crippen LogP contribution >= 0.6 is 0 Å². The maximum atomic E-state index is 10.7. The second-order valence-electron chi connectivity index (χ2n) is 1.71. The van der Waals surface area contributed by atoms with Crippen LogP contribution < -0.4 is 0 Å². The summed E-state index contributed by atoms with van der Waals surface area (Å²) in [6.07, 6.45) is 2.18. The zero-order chi connectivity index (χ0) is 10.3. The Balaban J connectivity index is 0.000000671. The second kappa shape index (κ2) is 9.27. The number of esters is 1. The first kappa shape index (κ1) is 15.0. The van der Waals surface area contributed by atoms with Crippen molar-refractivity contribution in [3.8, 4) is 0 Å². The SMILES string of the molecule is O=C1/C=C\C(=O)O[C](=[In])[In][O]1.[In]=[In]. The maximum absolute atomic E-state index is 10.7. The summed E-state index contributed by atoms with van der Waals surface area (Å²) in [7, 11) is 0. The van der Waals surface area contributed by atoms with Crippen LogP contribution in [0, 0.1) is 0 Å². The molecule has 0 aromatic heterocycles. The van der Waals surface area contributed by atoms with Gasteiger partial charge in [0.2, 0.25) is 0 Å². The van der Waals surface area contributed by atoms with Crippen LogP contribution in [0.2, 0.25) is 0 Å². The summed E-state index contributed by atoms with van der Waals surface area (Å²) in [5.74, 6) is -0.884. The molecule has 0 aromatic rings. The first-order valence-corrected chi connectivity index (χ1v) is 22.4. The molecule has 13 heavy (non-hydrogen) atoms. The molecular formula is C5H2In4O4. The molecule has 4 nitrogen and oxygen atoms in total. The van der Waals surface area contributed by atoms with Gasteiger partial charge in [-0.15, -0.1) is 0 Å². The van der Waals surface area contributed by atoms with E-state index < -0.39 is 35.3 Å². The summed E-state index contributed by atoms with van der Waals surface area (Å²) in [5.41, 5.74) is 0. The van der Waals surface area contributed by atoms with Crippen molar-refractivity contribution < 1.29 is 17.2 Å². The number of carbonyl (C=O) groups excluding carboxylic acids is 2. The van der Waals surface area contributed by atoms with Gasteiger partial charge in [-0.1, -0.05) is 0 Å². The number of ether oxygens (including phenoxy) is 1. The number of hydrogen-bond donors (Lipinski definition) is 0. The molecule has 0 N–H and O–H groups in total.